The molecule has 0 amide bonds. The van der Waals surface area contributed by atoms with E-state index < -0.39 is 0 Å². The molecule has 0 aliphatic heterocycles. The van der Waals surface area contributed by atoms with Gasteiger partial charge in [-0.3, -0.25) is 10.2 Å². The topological polar surface area (TPSA) is 85.3 Å². The smallest absolute Gasteiger partial charge is 0.283 e. The van der Waals surface area contributed by atoms with Gasteiger partial charge in [0.15, 0.2) is 0 Å². The Morgan fingerprint density at radius 2 is 2.19 bits per heavy atom. The van der Waals surface area contributed by atoms with Crippen LogP contribution in [0, 0.1) is 0 Å². The molecule has 6 nitrogen and oxygen atoms in total. The Morgan fingerprint density at radius 1 is 1.38 bits per heavy atom. The standard InChI is InChI=1S/C9H7N5OS/c10-12-8-13-14-7(15)5-3-1-2-4-6(5)11-9(14)16-8/h1-4H,10H2,(H,12,13). The lowest BCUT2D eigenvalue weighted by Gasteiger charge is -1.95. The molecule has 0 unspecified atom stereocenters. The van der Waals surface area contributed by atoms with E-state index in [1.165, 1.54) is 15.9 Å². The number of hydrazine groups is 1. The van der Waals surface area contributed by atoms with Crippen LogP contribution in [0.1, 0.15) is 0 Å². The molecule has 3 N–H and O–H groups in total. The quantitative estimate of drug-likeness (QED) is 0.474. The minimum Gasteiger partial charge on any atom is -0.298 e. The van der Waals surface area contributed by atoms with Crippen LogP contribution in [0.25, 0.3) is 15.9 Å². The molecule has 7 heteroatoms. The van der Waals surface area contributed by atoms with Crippen LogP contribution in [0.15, 0.2) is 29.1 Å². The van der Waals surface area contributed by atoms with Gasteiger partial charge in [0, 0.05) is 0 Å². The summed E-state index contributed by atoms with van der Waals surface area (Å²) in [6.07, 6.45) is 0. The molecule has 0 aliphatic rings. The third-order valence-corrected chi connectivity index (χ3v) is 3.07. The summed E-state index contributed by atoms with van der Waals surface area (Å²) in [5, 5.41) is 5.01. The van der Waals surface area contributed by atoms with Gasteiger partial charge in [-0.25, -0.2) is 10.8 Å². The summed E-state index contributed by atoms with van der Waals surface area (Å²) >= 11 is 1.23. The first-order chi connectivity index (χ1) is 7.79. The normalized spacial score (nSPS) is 11.1. The number of hydrogen-bond acceptors (Lipinski definition) is 6. The second kappa shape index (κ2) is 3.26. The maximum atomic E-state index is 12.0. The van der Waals surface area contributed by atoms with Crippen LogP contribution in [-0.4, -0.2) is 14.6 Å². The number of para-hydroxylation sites is 1. The summed E-state index contributed by atoms with van der Waals surface area (Å²) in [5.41, 5.74) is 2.89. The number of nitrogen functional groups attached to an aromatic ring is 1. The number of nitrogens with zero attached hydrogens (tertiary/aromatic N) is 3. The summed E-state index contributed by atoms with van der Waals surface area (Å²) in [6, 6.07) is 7.17. The van der Waals surface area contributed by atoms with Crippen LogP contribution < -0.4 is 16.8 Å². The molecule has 0 saturated carbocycles. The van der Waals surface area contributed by atoms with Gasteiger partial charge in [-0.1, -0.05) is 23.5 Å². The van der Waals surface area contributed by atoms with Crippen molar-refractivity contribution in [3.05, 3.63) is 34.6 Å². The van der Waals surface area contributed by atoms with Crippen molar-refractivity contribution in [1.29, 1.82) is 0 Å². The molecule has 1 aromatic carbocycles. The summed E-state index contributed by atoms with van der Waals surface area (Å²) < 4.78 is 1.25. The number of nitrogens with two attached hydrogens (primary N) is 1. The molecule has 0 radical (unpaired) electrons. The number of rotatable bonds is 1. The molecule has 80 valence electrons. The zero-order valence-corrected chi connectivity index (χ0v) is 8.86. The lowest BCUT2D eigenvalue weighted by atomic mass is 10.2. The molecule has 0 spiro atoms. The Hall–Kier alpha value is -1.99. The number of nitrogens with one attached hydrogen (secondary N) is 1. The highest BCUT2D eigenvalue weighted by molar-refractivity contribution is 7.20. The molecule has 16 heavy (non-hydrogen) atoms. The highest BCUT2D eigenvalue weighted by Gasteiger charge is 2.09. The van der Waals surface area contributed by atoms with Crippen molar-refractivity contribution in [2.45, 2.75) is 0 Å². The van der Waals surface area contributed by atoms with E-state index >= 15 is 0 Å². The number of fused-ring (bicyclic) bond motifs is 2. The second-order valence-electron chi connectivity index (χ2n) is 3.18. The summed E-state index contributed by atoms with van der Waals surface area (Å²) in [5.74, 6) is 5.24. The van der Waals surface area contributed by atoms with Gasteiger partial charge >= 0.3 is 0 Å². The van der Waals surface area contributed by atoms with Crippen molar-refractivity contribution >= 4 is 32.3 Å². The van der Waals surface area contributed by atoms with Crippen molar-refractivity contribution in [3.8, 4) is 0 Å². The fraction of sp³-hybridized carbons (Fsp3) is 0. The van der Waals surface area contributed by atoms with Crippen molar-refractivity contribution < 1.29 is 0 Å². The largest absolute Gasteiger partial charge is 0.298 e. The van der Waals surface area contributed by atoms with Crippen LogP contribution in [0.3, 0.4) is 0 Å². The van der Waals surface area contributed by atoms with Crippen LogP contribution in [-0.2, 0) is 0 Å². The van der Waals surface area contributed by atoms with Gasteiger partial charge in [0.25, 0.3) is 5.56 Å². The van der Waals surface area contributed by atoms with Crippen molar-refractivity contribution in [3.63, 3.8) is 0 Å². The zero-order valence-electron chi connectivity index (χ0n) is 8.04. The molecule has 0 saturated heterocycles. The number of hydrogen-bond donors (Lipinski definition) is 2. The molecule has 3 aromatic rings. The van der Waals surface area contributed by atoms with E-state index in [0.717, 1.165) is 0 Å². The molecule has 2 aromatic heterocycles. The van der Waals surface area contributed by atoms with Gasteiger partial charge < -0.3 is 0 Å². The first-order valence-corrected chi connectivity index (χ1v) is 5.36. The molecule has 3 rings (SSSR count). The van der Waals surface area contributed by atoms with Gasteiger partial charge in [0.2, 0.25) is 10.1 Å². The monoisotopic (exact) mass is 233 g/mol. The summed E-state index contributed by atoms with van der Waals surface area (Å²) in [6.45, 7) is 0. The minimum atomic E-state index is -0.182. The van der Waals surface area contributed by atoms with Crippen molar-refractivity contribution in [1.82, 2.24) is 14.6 Å². The van der Waals surface area contributed by atoms with E-state index in [2.05, 4.69) is 15.5 Å². The second-order valence-corrected chi connectivity index (χ2v) is 4.14. The van der Waals surface area contributed by atoms with Crippen LogP contribution >= 0.6 is 11.3 Å². The third kappa shape index (κ3) is 1.19. The van der Waals surface area contributed by atoms with Gasteiger partial charge in [0.05, 0.1) is 10.9 Å². The fourth-order valence-electron chi connectivity index (χ4n) is 1.51. The summed E-state index contributed by atoms with van der Waals surface area (Å²) in [4.78, 5) is 16.9. The SMILES string of the molecule is NNc1nn2c(=O)c3ccccc3nc2s1. The Kier molecular flexibility index (Phi) is 1.88. The van der Waals surface area contributed by atoms with Gasteiger partial charge in [0.1, 0.15) is 0 Å². The average Bonchev–Trinajstić information content (AvgIpc) is 2.73. The number of aromatic nitrogens is 3. The third-order valence-electron chi connectivity index (χ3n) is 2.23. The van der Waals surface area contributed by atoms with E-state index in [9.17, 15) is 4.79 Å². The predicted molar refractivity (Wildman–Crippen MR) is 62.5 cm³/mol. The van der Waals surface area contributed by atoms with E-state index in [4.69, 9.17) is 5.84 Å². The Morgan fingerprint density at radius 3 is 3.00 bits per heavy atom. The predicted octanol–water partition coefficient (Wildman–Crippen LogP) is 0.590. The lowest BCUT2D eigenvalue weighted by molar-refractivity contribution is 0.915. The zero-order chi connectivity index (χ0) is 11.1. The fourth-order valence-corrected chi connectivity index (χ4v) is 2.22. The van der Waals surface area contributed by atoms with Crippen molar-refractivity contribution in [2.24, 2.45) is 5.84 Å². The van der Waals surface area contributed by atoms with Gasteiger partial charge in [-0.15, -0.1) is 5.10 Å². The van der Waals surface area contributed by atoms with Crippen molar-refractivity contribution in [2.75, 3.05) is 5.43 Å². The van der Waals surface area contributed by atoms with Crippen LogP contribution in [0.4, 0.5) is 5.13 Å². The maximum Gasteiger partial charge on any atom is 0.283 e. The van der Waals surface area contributed by atoms with E-state index in [1.807, 2.05) is 6.07 Å². The molecule has 2 heterocycles. The van der Waals surface area contributed by atoms with Crippen LogP contribution in [0.5, 0.6) is 0 Å². The minimum absolute atomic E-state index is 0.182. The van der Waals surface area contributed by atoms with E-state index in [0.29, 0.717) is 21.0 Å². The molecule has 0 atom stereocenters. The Balaban J connectivity index is 2.53. The lowest BCUT2D eigenvalue weighted by Crippen LogP contribution is -2.15. The molecule has 0 aliphatic carbocycles. The summed E-state index contributed by atoms with van der Waals surface area (Å²) in [7, 11) is 0. The molecular formula is C9H7N5OS. The Labute approximate surface area is 93.3 Å². The number of anilines is 1. The number of benzene rings is 1. The molecular weight excluding hydrogens is 226 g/mol. The molecule has 0 fully saturated rings. The van der Waals surface area contributed by atoms with E-state index in [-0.39, 0.29) is 5.56 Å². The van der Waals surface area contributed by atoms with Crippen LogP contribution in [0.2, 0.25) is 0 Å². The highest BCUT2D eigenvalue weighted by Crippen LogP contribution is 2.17. The molecule has 0 bridgehead atoms. The maximum absolute atomic E-state index is 12.0. The first kappa shape index (κ1) is 9.25. The Bertz CT molecular complexity index is 731. The average molecular weight is 233 g/mol. The van der Waals surface area contributed by atoms with Gasteiger partial charge in [-0.05, 0) is 12.1 Å². The van der Waals surface area contributed by atoms with Gasteiger partial charge in [-0.2, -0.15) is 4.52 Å². The highest BCUT2D eigenvalue weighted by atomic mass is 32.1. The first-order valence-electron chi connectivity index (χ1n) is 4.55. The van der Waals surface area contributed by atoms with E-state index in [1.54, 1.807) is 18.2 Å².